The second-order valence-corrected chi connectivity index (χ2v) is 7.08. The molecule has 8 nitrogen and oxygen atoms in total. The summed E-state index contributed by atoms with van der Waals surface area (Å²) in [5.74, 6) is 3.13. The zero-order chi connectivity index (χ0) is 17.1. The van der Waals surface area contributed by atoms with Crippen LogP contribution < -0.4 is 5.32 Å². The highest BCUT2D eigenvalue weighted by molar-refractivity contribution is 14.0. The fourth-order valence-corrected chi connectivity index (χ4v) is 4.16. The number of aromatic nitrogens is 3. The van der Waals surface area contributed by atoms with Gasteiger partial charge in [0.25, 0.3) is 0 Å². The monoisotopic (exact) mass is 475 g/mol. The number of halogens is 1. The zero-order valence-electron chi connectivity index (χ0n) is 15.6. The first-order valence-electron chi connectivity index (χ1n) is 9.53. The zero-order valence-corrected chi connectivity index (χ0v) is 17.9. The largest absolute Gasteiger partial charge is 0.379 e. The fraction of sp³-hybridized carbons (Fsp3) is 0.824. The molecule has 3 aliphatic rings. The van der Waals surface area contributed by atoms with Crippen LogP contribution in [0.15, 0.2) is 4.99 Å². The van der Waals surface area contributed by atoms with Gasteiger partial charge in [-0.05, 0) is 19.3 Å². The third-order valence-electron chi connectivity index (χ3n) is 5.58. The van der Waals surface area contributed by atoms with Gasteiger partial charge in [0.1, 0.15) is 5.82 Å². The molecular weight excluding hydrogens is 445 g/mol. The molecule has 2 saturated heterocycles. The Morgan fingerprint density at radius 3 is 2.85 bits per heavy atom. The van der Waals surface area contributed by atoms with E-state index in [9.17, 15) is 0 Å². The number of aliphatic imine (C=N–C) groups is 1. The average Bonchev–Trinajstić information content (AvgIpc) is 3.31. The highest BCUT2D eigenvalue weighted by Gasteiger charge is 2.30. The van der Waals surface area contributed by atoms with Crippen LogP contribution in [0.4, 0.5) is 0 Å². The van der Waals surface area contributed by atoms with Crippen LogP contribution in [-0.2, 0) is 24.2 Å². The van der Waals surface area contributed by atoms with E-state index < -0.39 is 0 Å². The van der Waals surface area contributed by atoms with Crippen molar-refractivity contribution in [2.24, 2.45) is 4.99 Å². The lowest BCUT2D eigenvalue weighted by molar-refractivity contribution is 0.0195. The lowest BCUT2D eigenvalue weighted by atomic mass is 10.2. The van der Waals surface area contributed by atoms with Crippen LogP contribution in [-0.4, -0.2) is 83.0 Å². The Morgan fingerprint density at radius 2 is 2.04 bits per heavy atom. The third-order valence-corrected chi connectivity index (χ3v) is 5.58. The summed E-state index contributed by atoms with van der Waals surface area (Å²) in [6.07, 6.45) is 4.69. The van der Waals surface area contributed by atoms with Gasteiger partial charge in [-0.25, -0.2) is 0 Å². The maximum Gasteiger partial charge on any atom is 0.194 e. The maximum atomic E-state index is 5.47. The minimum atomic E-state index is 0. The van der Waals surface area contributed by atoms with E-state index in [1.807, 2.05) is 7.05 Å². The number of aryl methyl sites for hydroxylation is 1. The number of likely N-dealkylation sites (tertiary alicyclic amines) is 1. The summed E-state index contributed by atoms with van der Waals surface area (Å²) in [6.45, 7) is 7.66. The minimum Gasteiger partial charge on any atom is -0.379 e. The second kappa shape index (κ2) is 9.32. The van der Waals surface area contributed by atoms with E-state index in [0.717, 1.165) is 70.0 Å². The van der Waals surface area contributed by atoms with Gasteiger partial charge in [-0.15, -0.1) is 34.2 Å². The second-order valence-electron chi connectivity index (χ2n) is 7.08. The van der Waals surface area contributed by atoms with Crippen molar-refractivity contribution in [1.29, 1.82) is 0 Å². The van der Waals surface area contributed by atoms with E-state index >= 15 is 0 Å². The van der Waals surface area contributed by atoms with Crippen molar-refractivity contribution in [3.05, 3.63) is 11.6 Å². The smallest absolute Gasteiger partial charge is 0.194 e. The summed E-state index contributed by atoms with van der Waals surface area (Å²) >= 11 is 0. The first-order valence-corrected chi connectivity index (χ1v) is 9.53. The first kappa shape index (κ1) is 19.8. The molecule has 4 heterocycles. The Hall–Kier alpha value is -0.940. The van der Waals surface area contributed by atoms with Crippen LogP contribution in [0.1, 0.15) is 30.9 Å². The van der Waals surface area contributed by atoms with Gasteiger partial charge in [-0.3, -0.25) is 9.89 Å². The fourth-order valence-electron chi connectivity index (χ4n) is 4.16. The molecule has 0 aromatic carbocycles. The van der Waals surface area contributed by atoms with Crippen molar-refractivity contribution < 1.29 is 4.74 Å². The first-order chi connectivity index (χ1) is 12.3. The maximum absolute atomic E-state index is 5.47. The van der Waals surface area contributed by atoms with Gasteiger partial charge in [0, 0.05) is 52.2 Å². The van der Waals surface area contributed by atoms with Crippen LogP contribution in [0.25, 0.3) is 0 Å². The summed E-state index contributed by atoms with van der Waals surface area (Å²) in [5, 5.41) is 12.2. The molecule has 1 aromatic rings. The number of fused-ring (bicyclic) bond motifs is 1. The van der Waals surface area contributed by atoms with E-state index in [2.05, 4.69) is 34.9 Å². The van der Waals surface area contributed by atoms with Crippen LogP contribution in [0, 0.1) is 0 Å². The minimum absolute atomic E-state index is 0. The highest BCUT2D eigenvalue weighted by atomic mass is 127. The molecule has 0 bridgehead atoms. The summed E-state index contributed by atoms with van der Waals surface area (Å²) in [5.41, 5.74) is 0. The van der Waals surface area contributed by atoms with Gasteiger partial charge < -0.3 is 19.5 Å². The van der Waals surface area contributed by atoms with Crippen molar-refractivity contribution in [2.45, 2.75) is 44.8 Å². The molecule has 26 heavy (non-hydrogen) atoms. The molecule has 0 amide bonds. The van der Waals surface area contributed by atoms with Crippen LogP contribution in [0.5, 0.6) is 0 Å². The van der Waals surface area contributed by atoms with E-state index in [0.29, 0.717) is 12.6 Å². The molecule has 0 aliphatic carbocycles. The molecule has 3 aliphatic heterocycles. The van der Waals surface area contributed by atoms with Crippen molar-refractivity contribution in [2.75, 3.05) is 46.4 Å². The van der Waals surface area contributed by atoms with Gasteiger partial charge >= 0.3 is 0 Å². The molecule has 1 unspecified atom stereocenters. The third kappa shape index (κ3) is 4.30. The molecule has 4 rings (SSSR count). The molecule has 146 valence electrons. The van der Waals surface area contributed by atoms with E-state index in [1.54, 1.807) is 0 Å². The Balaban J connectivity index is 0.00000196. The predicted octanol–water partition coefficient (Wildman–Crippen LogP) is 0.714. The Morgan fingerprint density at radius 1 is 1.19 bits per heavy atom. The number of guanidine groups is 1. The topological polar surface area (TPSA) is 70.8 Å². The summed E-state index contributed by atoms with van der Waals surface area (Å²) < 4.78 is 7.74. The number of morpholine rings is 1. The van der Waals surface area contributed by atoms with Crippen molar-refractivity contribution in [3.8, 4) is 0 Å². The normalized spacial score (nSPS) is 24.3. The van der Waals surface area contributed by atoms with Crippen LogP contribution in [0.3, 0.4) is 0 Å². The summed E-state index contributed by atoms with van der Waals surface area (Å²) in [4.78, 5) is 9.42. The number of nitrogens with zero attached hydrogens (tertiary/aromatic N) is 6. The quantitative estimate of drug-likeness (QED) is 0.395. The molecule has 0 radical (unpaired) electrons. The number of rotatable bonds is 3. The highest BCUT2D eigenvalue weighted by Crippen LogP contribution is 2.18. The number of hydrogen-bond donors (Lipinski definition) is 1. The molecule has 2 fully saturated rings. The standard InChI is InChI=1S/C17H29N7O.HI/c1-18-17(19-12-16-21-20-15-4-2-3-6-24(15)16)23-7-5-14(13-23)22-8-10-25-11-9-22;/h14H,2-13H2,1H3,(H,18,19);1H. The number of hydrogen-bond acceptors (Lipinski definition) is 5. The molecule has 1 aromatic heterocycles. The lowest BCUT2D eigenvalue weighted by Crippen LogP contribution is -2.46. The van der Waals surface area contributed by atoms with Crippen LogP contribution in [0.2, 0.25) is 0 Å². The van der Waals surface area contributed by atoms with Crippen molar-refractivity contribution in [3.63, 3.8) is 0 Å². The number of nitrogens with one attached hydrogen (secondary N) is 1. The number of ether oxygens (including phenoxy) is 1. The molecular formula is C17H30IN7O. The Labute approximate surface area is 172 Å². The van der Waals surface area contributed by atoms with Gasteiger partial charge in [0.2, 0.25) is 0 Å². The predicted molar refractivity (Wildman–Crippen MR) is 111 cm³/mol. The summed E-state index contributed by atoms with van der Waals surface area (Å²) in [7, 11) is 1.86. The molecule has 0 spiro atoms. The van der Waals surface area contributed by atoms with E-state index in [1.165, 1.54) is 19.3 Å². The molecule has 1 atom stereocenters. The molecule has 1 N–H and O–H groups in total. The average molecular weight is 475 g/mol. The Bertz CT molecular complexity index is 614. The van der Waals surface area contributed by atoms with Gasteiger partial charge in [-0.1, -0.05) is 0 Å². The molecule has 0 saturated carbocycles. The lowest BCUT2D eigenvalue weighted by Gasteiger charge is -2.32. The van der Waals surface area contributed by atoms with Gasteiger partial charge in [-0.2, -0.15) is 0 Å². The molecule has 9 heteroatoms. The van der Waals surface area contributed by atoms with Crippen LogP contribution >= 0.6 is 24.0 Å². The Kier molecular flexibility index (Phi) is 7.10. The van der Waals surface area contributed by atoms with E-state index in [4.69, 9.17) is 4.74 Å². The van der Waals surface area contributed by atoms with Crippen molar-refractivity contribution >= 4 is 29.9 Å². The SMILES string of the molecule is CN=C(NCc1nnc2n1CCCC2)N1CCC(N2CCOCC2)C1.I. The van der Waals surface area contributed by atoms with Crippen molar-refractivity contribution in [1.82, 2.24) is 29.9 Å². The van der Waals surface area contributed by atoms with Gasteiger partial charge in [0.05, 0.1) is 19.8 Å². The van der Waals surface area contributed by atoms with E-state index in [-0.39, 0.29) is 24.0 Å². The summed E-state index contributed by atoms with van der Waals surface area (Å²) in [6, 6.07) is 0.614. The van der Waals surface area contributed by atoms with Gasteiger partial charge in [0.15, 0.2) is 11.8 Å².